The zero-order chi connectivity index (χ0) is 19.4. The van der Waals surface area contributed by atoms with Gasteiger partial charge in [-0.25, -0.2) is 9.79 Å². The summed E-state index contributed by atoms with van der Waals surface area (Å²) in [4.78, 5) is 16.1. The van der Waals surface area contributed by atoms with Crippen LogP contribution in [-0.4, -0.2) is 37.3 Å². The number of carbonyl (C=O) groups excluding carboxylic acids is 1. The molecule has 27 heavy (non-hydrogen) atoms. The number of nitrogens with zero attached hydrogens (tertiary/aromatic N) is 2. The largest absolute Gasteiger partial charge is 0.444 e. The minimum atomic E-state index is -0.490. The summed E-state index contributed by atoms with van der Waals surface area (Å²) in [6, 6.07) is 9.53. The molecule has 1 aromatic carbocycles. The van der Waals surface area contributed by atoms with E-state index < -0.39 is 11.7 Å². The highest BCUT2D eigenvalue weighted by molar-refractivity contribution is 14.0. The van der Waals surface area contributed by atoms with Crippen molar-refractivity contribution in [3.05, 3.63) is 35.4 Å². The van der Waals surface area contributed by atoms with E-state index in [1.807, 2.05) is 45.9 Å². The predicted molar refractivity (Wildman–Crippen MR) is 118 cm³/mol. The standard InChI is InChI=1S/C19H29N5O2.HI/c1-5-21-17(24-14-16-9-6-8-15(12-16)13-20)22-10-7-11-23-18(25)26-19(2,3)4;/h6,8-9,12H,5,7,10-11,14H2,1-4H3,(H,23,25)(H2,21,22,24);1H. The van der Waals surface area contributed by atoms with Gasteiger partial charge in [-0.05, 0) is 51.8 Å². The van der Waals surface area contributed by atoms with Crippen molar-refractivity contribution in [2.45, 2.75) is 46.3 Å². The van der Waals surface area contributed by atoms with Gasteiger partial charge in [0.25, 0.3) is 0 Å². The third-order valence-corrected chi connectivity index (χ3v) is 3.13. The zero-order valence-electron chi connectivity index (χ0n) is 16.5. The number of hydrogen-bond acceptors (Lipinski definition) is 4. The van der Waals surface area contributed by atoms with Crippen molar-refractivity contribution >= 4 is 36.0 Å². The van der Waals surface area contributed by atoms with Gasteiger partial charge in [-0.3, -0.25) is 0 Å². The van der Waals surface area contributed by atoms with Gasteiger partial charge in [0.15, 0.2) is 5.96 Å². The third-order valence-electron chi connectivity index (χ3n) is 3.13. The normalized spacial score (nSPS) is 11.0. The van der Waals surface area contributed by atoms with Crippen molar-refractivity contribution in [2.24, 2.45) is 4.99 Å². The van der Waals surface area contributed by atoms with Crippen LogP contribution < -0.4 is 16.0 Å². The van der Waals surface area contributed by atoms with Crippen molar-refractivity contribution in [3.63, 3.8) is 0 Å². The molecule has 0 saturated carbocycles. The molecule has 3 N–H and O–H groups in total. The molecule has 1 rings (SSSR count). The van der Waals surface area contributed by atoms with E-state index in [0.29, 0.717) is 31.2 Å². The quantitative estimate of drug-likeness (QED) is 0.238. The lowest BCUT2D eigenvalue weighted by molar-refractivity contribution is 0.0527. The first-order valence-electron chi connectivity index (χ1n) is 8.82. The summed E-state index contributed by atoms with van der Waals surface area (Å²) in [5.74, 6) is 0.701. The number of alkyl carbamates (subject to hydrolysis) is 1. The number of ether oxygens (including phenoxy) is 1. The van der Waals surface area contributed by atoms with Gasteiger partial charge >= 0.3 is 6.09 Å². The van der Waals surface area contributed by atoms with Crippen molar-refractivity contribution in [1.29, 1.82) is 5.26 Å². The third kappa shape index (κ3) is 12.1. The molecule has 0 spiro atoms. The smallest absolute Gasteiger partial charge is 0.407 e. The Kier molecular flexibility index (Phi) is 12.2. The highest BCUT2D eigenvalue weighted by Crippen LogP contribution is 2.06. The van der Waals surface area contributed by atoms with Crippen molar-refractivity contribution < 1.29 is 9.53 Å². The molecule has 1 aromatic rings. The molecular weight excluding hydrogens is 457 g/mol. The van der Waals surface area contributed by atoms with Crippen LogP contribution in [0.1, 0.15) is 45.2 Å². The number of rotatable bonds is 7. The number of nitrogens with one attached hydrogen (secondary N) is 3. The van der Waals surface area contributed by atoms with E-state index >= 15 is 0 Å². The Hall–Kier alpha value is -2.02. The van der Waals surface area contributed by atoms with E-state index in [1.165, 1.54) is 0 Å². The minimum absolute atomic E-state index is 0. The molecule has 0 aromatic heterocycles. The van der Waals surface area contributed by atoms with Crippen molar-refractivity contribution in [3.8, 4) is 6.07 Å². The summed E-state index contributed by atoms with van der Waals surface area (Å²) >= 11 is 0. The van der Waals surface area contributed by atoms with Gasteiger partial charge in [0.05, 0.1) is 18.2 Å². The number of halogens is 1. The number of guanidine groups is 1. The SMILES string of the molecule is CCNC(=NCc1cccc(C#N)c1)NCCCNC(=O)OC(C)(C)C.I. The molecule has 7 nitrogen and oxygen atoms in total. The first kappa shape index (κ1) is 25.0. The molecule has 0 atom stereocenters. The second kappa shape index (κ2) is 13.2. The molecule has 0 aliphatic rings. The second-order valence-electron chi connectivity index (χ2n) is 6.72. The molecule has 0 unspecified atom stereocenters. The Morgan fingerprint density at radius 3 is 2.56 bits per heavy atom. The summed E-state index contributed by atoms with van der Waals surface area (Å²) in [5.41, 5.74) is 1.12. The monoisotopic (exact) mass is 487 g/mol. The number of nitriles is 1. The van der Waals surface area contributed by atoms with Gasteiger partial charge in [0.2, 0.25) is 0 Å². The van der Waals surface area contributed by atoms with Crippen LogP contribution in [-0.2, 0) is 11.3 Å². The average Bonchev–Trinajstić information content (AvgIpc) is 2.58. The Balaban J connectivity index is 0.00000676. The van der Waals surface area contributed by atoms with E-state index in [1.54, 1.807) is 6.07 Å². The summed E-state index contributed by atoms with van der Waals surface area (Å²) in [6.45, 7) is 9.92. The summed E-state index contributed by atoms with van der Waals surface area (Å²) < 4.78 is 5.18. The molecular formula is C19H30IN5O2. The van der Waals surface area contributed by atoms with E-state index in [9.17, 15) is 4.79 Å². The molecule has 8 heteroatoms. The number of hydrogen-bond donors (Lipinski definition) is 3. The minimum Gasteiger partial charge on any atom is -0.444 e. The van der Waals surface area contributed by atoms with Gasteiger partial charge in [0.1, 0.15) is 5.60 Å². The number of amides is 1. The topological polar surface area (TPSA) is 98.5 Å². The summed E-state index contributed by atoms with van der Waals surface area (Å²) in [5, 5.41) is 18.1. The van der Waals surface area contributed by atoms with Crippen molar-refractivity contribution in [2.75, 3.05) is 19.6 Å². The van der Waals surface area contributed by atoms with Gasteiger partial charge in [-0.2, -0.15) is 5.26 Å². The number of carbonyl (C=O) groups is 1. The van der Waals surface area contributed by atoms with Gasteiger partial charge < -0.3 is 20.7 Å². The number of benzene rings is 1. The van der Waals surface area contributed by atoms with Crippen LogP contribution in [0.25, 0.3) is 0 Å². The maximum Gasteiger partial charge on any atom is 0.407 e. The maximum atomic E-state index is 11.6. The van der Waals surface area contributed by atoms with E-state index in [4.69, 9.17) is 10.00 Å². The molecule has 0 fully saturated rings. The summed E-state index contributed by atoms with van der Waals surface area (Å²) in [7, 11) is 0. The second-order valence-corrected chi connectivity index (χ2v) is 6.72. The van der Waals surface area contributed by atoms with Crippen LogP contribution in [0.2, 0.25) is 0 Å². The van der Waals surface area contributed by atoms with Crippen LogP contribution in [0.3, 0.4) is 0 Å². The Morgan fingerprint density at radius 2 is 1.93 bits per heavy atom. The van der Waals surface area contributed by atoms with Crippen LogP contribution in [0.4, 0.5) is 4.79 Å². The van der Waals surface area contributed by atoms with Crippen LogP contribution in [0.15, 0.2) is 29.3 Å². The number of aliphatic imine (C=N–C) groups is 1. The van der Waals surface area contributed by atoms with E-state index in [2.05, 4.69) is 27.0 Å². The van der Waals surface area contributed by atoms with E-state index in [0.717, 1.165) is 18.5 Å². The lowest BCUT2D eigenvalue weighted by Gasteiger charge is -2.19. The molecule has 0 saturated heterocycles. The lowest BCUT2D eigenvalue weighted by atomic mass is 10.1. The molecule has 0 radical (unpaired) electrons. The molecule has 0 bridgehead atoms. The van der Waals surface area contributed by atoms with Crippen LogP contribution >= 0.6 is 24.0 Å². The lowest BCUT2D eigenvalue weighted by Crippen LogP contribution is -2.39. The van der Waals surface area contributed by atoms with Crippen molar-refractivity contribution in [1.82, 2.24) is 16.0 Å². The fourth-order valence-electron chi connectivity index (χ4n) is 2.05. The fourth-order valence-corrected chi connectivity index (χ4v) is 2.05. The summed E-state index contributed by atoms with van der Waals surface area (Å²) in [6.07, 6.45) is 0.337. The zero-order valence-corrected chi connectivity index (χ0v) is 18.8. The molecule has 0 aliphatic carbocycles. The molecule has 0 aliphatic heterocycles. The molecule has 150 valence electrons. The Morgan fingerprint density at radius 1 is 1.22 bits per heavy atom. The van der Waals surface area contributed by atoms with E-state index in [-0.39, 0.29) is 24.0 Å². The van der Waals surface area contributed by atoms with Crippen LogP contribution in [0, 0.1) is 11.3 Å². The molecule has 1 amide bonds. The first-order valence-corrected chi connectivity index (χ1v) is 8.82. The van der Waals surface area contributed by atoms with Gasteiger partial charge in [-0.1, -0.05) is 12.1 Å². The maximum absolute atomic E-state index is 11.6. The Labute approximate surface area is 179 Å². The highest BCUT2D eigenvalue weighted by atomic mass is 127. The average molecular weight is 487 g/mol. The molecule has 0 heterocycles. The fraction of sp³-hybridized carbons (Fsp3) is 0.526. The first-order chi connectivity index (χ1) is 12.3. The highest BCUT2D eigenvalue weighted by Gasteiger charge is 2.15. The predicted octanol–water partition coefficient (Wildman–Crippen LogP) is 3.15. The van der Waals surface area contributed by atoms with Gasteiger partial charge in [-0.15, -0.1) is 24.0 Å². The van der Waals surface area contributed by atoms with Crippen LogP contribution in [0.5, 0.6) is 0 Å². The Bertz CT molecular complexity index is 650. The van der Waals surface area contributed by atoms with Gasteiger partial charge in [0, 0.05) is 19.6 Å².